The second-order valence-corrected chi connectivity index (χ2v) is 9.37. The van der Waals surface area contributed by atoms with Crippen LogP contribution < -0.4 is 15.8 Å². The van der Waals surface area contributed by atoms with E-state index in [9.17, 15) is 17.6 Å². The van der Waals surface area contributed by atoms with Crippen LogP contribution in [0.1, 0.15) is 24.1 Å². The van der Waals surface area contributed by atoms with E-state index in [4.69, 9.17) is 4.42 Å². The number of halogens is 1. The SMILES string of the molecule is CNCC#Cc1ccccc1C(C)n1c(=O)oc2cc(S(=O)(=O)Nc3ncns3)c(F)cc21. The molecule has 2 N–H and O–H groups in total. The number of aromatic nitrogens is 3. The van der Waals surface area contributed by atoms with Crippen molar-refractivity contribution in [3.63, 3.8) is 0 Å². The third-order valence-corrected chi connectivity index (χ3v) is 6.89. The summed E-state index contributed by atoms with van der Waals surface area (Å²) in [7, 11) is -2.53. The van der Waals surface area contributed by atoms with Gasteiger partial charge in [-0.2, -0.15) is 4.37 Å². The highest BCUT2D eigenvalue weighted by Gasteiger charge is 2.26. The van der Waals surface area contributed by atoms with Gasteiger partial charge in [0.25, 0.3) is 10.0 Å². The Kier molecular flexibility index (Phi) is 6.28. The van der Waals surface area contributed by atoms with Crippen molar-refractivity contribution >= 4 is 37.8 Å². The van der Waals surface area contributed by atoms with E-state index in [0.717, 1.165) is 29.2 Å². The molecule has 9 nitrogen and oxygen atoms in total. The van der Waals surface area contributed by atoms with Crippen LogP contribution in [0.15, 0.2) is 56.8 Å². The van der Waals surface area contributed by atoms with E-state index in [1.165, 1.54) is 10.9 Å². The van der Waals surface area contributed by atoms with Gasteiger partial charge in [0.05, 0.1) is 18.1 Å². The van der Waals surface area contributed by atoms with Crippen molar-refractivity contribution in [3.8, 4) is 11.8 Å². The molecule has 4 aromatic rings. The lowest BCUT2D eigenvalue weighted by Gasteiger charge is -2.15. The first-order valence-corrected chi connectivity index (χ1v) is 11.9. The highest BCUT2D eigenvalue weighted by atomic mass is 32.2. The molecule has 2 heterocycles. The van der Waals surface area contributed by atoms with Gasteiger partial charge in [0, 0.05) is 29.2 Å². The minimum Gasteiger partial charge on any atom is -0.408 e. The molecule has 0 saturated carbocycles. The summed E-state index contributed by atoms with van der Waals surface area (Å²) >= 11 is 0.804. The molecule has 0 aliphatic rings. The van der Waals surface area contributed by atoms with Crippen LogP contribution in [0.3, 0.4) is 0 Å². The summed E-state index contributed by atoms with van der Waals surface area (Å²) in [5.74, 6) is 4.25. The van der Waals surface area contributed by atoms with E-state index in [0.29, 0.717) is 12.1 Å². The van der Waals surface area contributed by atoms with Crippen molar-refractivity contribution < 1.29 is 17.2 Å². The summed E-state index contributed by atoms with van der Waals surface area (Å²) < 4.78 is 52.6. The third-order valence-electron chi connectivity index (χ3n) is 4.83. The number of sulfonamides is 1. The van der Waals surface area contributed by atoms with E-state index in [1.807, 2.05) is 24.3 Å². The number of nitrogens with zero attached hydrogens (tertiary/aromatic N) is 3. The smallest absolute Gasteiger partial charge is 0.408 e. The molecule has 0 aliphatic heterocycles. The number of anilines is 1. The Bertz CT molecular complexity index is 1530. The van der Waals surface area contributed by atoms with Crippen LogP contribution in [-0.2, 0) is 10.0 Å². The van der Waals surface area contributed by atoms with Crippen LogP contribution in [0.2, 0.25) is 0 Å². The molecule has 0 spiro atoms. The summed E-state index contributed by atoms with van der Waals surface area (Å²) in [6.45, 7) is 2.25. The van der Waals surface area contributed by atoms with Crippen molar-refractivity contribution in [2.45, 2.75) is 17.9 Å². The summed E-state index contributed by atoms with van der Waals surface area (Å²) in [6.07, 6.45) is 1.17. The Morgan fingerprint density at radius 3 is 2.82 bits per heavy atom. The largest absolute Gasteiger partial charge is 0.420 e. The summed E-state index contributed by atoms with van der Waals surface area (Å²) in [5.41, 5.74) is 1.51. The Labute approximate surface area is 192 Å². The minimum atomic E-state index is -4.31. The fraction of sp³-hybridized carbons (Fsp3) is 0.190. The van der Waals surface area contributed by atoms with Gasteiger partial charge in [-0.15, -0.1) is 0 Å². The zero-order valence-corrected chi connectivity index (χ0v) is 19.1. The molecule has 1 unspecified atom stereocenters. The molecule has 2 aromatic heterocycles. The van der Waals surface area contributed by atoms with E-state index in [2.05, 4.69) is 31.2 Å². The standard InChI is InChI=1S/C21H18FN5O4S2/c1-13(15-8-4-3-6-14(15)7-5-9-23-2)27-17-10-16(22)19(11-18(17)31-21(27)28)33(29,30)26-20-24-12-25-32-20/h3-4,6,8,10-13,23H,9H2,1-2H3,(H,24,25,26). The first-order valence-electron chi connectivity index (χ1n) is 9.68. The van der Waals surface area contributed by atoms with Gasteiger partial charge in [-0.3, -0.25) is 9.29 Å². The Balaban J connectivity index is 1.79. The molecule has 1 atom stereocenters. The highest BCUT2D eigenvalue weighted by molar-refractivity contribution is 7.93. The fourth-order valence-corrected chi connectivity index (χ4v) is 5.08. The zero-order chi connectivity index (χ0) is 23.6. The summed E-state index contributed by atoms with van der Waals surface area (Å²) in [5, 5.41) is 2.92. The number of benzene rings is 2. The van der Waals surface area contributed by atoms with Crippen LogP contribution in [0.5, 0.6) is 0 Å². The van der Waals surface area contributed by atoms with Gasteiger partial charge in [-0.1, -0.05) is 30.0 Å². The zero-order valence-electron chi connectivity index (χ0n) is 17.5. The van der Waals surface area contributed by atoms with Gasteiger partial charge in [-0.05, 0) is 25.6 Å². The quantitative estimate of drug-likeness (QED) is 0.401. The minimum absolute atomic E-state index is 0.0156. The van der Waals surface area contributed by atoms with Gasteiger partial charge in [0.1, 0.15) is 17.0 Å². The van der Waals surface area contributed by atoms with E-state index < -0.39 is 32.5 Å². The lowest BCUT2D eigenvalue weighted by Crippen LogP contribution is -2.20. The number of hydrogen-bond acceptors (Lipinski definition) is 8. The van der Waals surface area contributed by atoms with Crippen molar-refractivity contribution in [1.82, 2.24) is 19.2 Å². The second-order valence-electron chi connectivity index (χ2n) is 6.94. The van der Waals surface area contributed by atoms with Gasteiger partial charge in [-0.25, -0.2) is 22.6 Å². The number of hydrogen-bond donors (Lipinski definition) is 2. The predicted molar refractivity (Wildman–Crippen MR) is 122 cm³/mol. The number of rotatable bonds is 6. The van der Waals surface area contributed by atoms with Crippen molar-refractivity contribution in [3.05, 3.63) is 70.2 Å². The van der Waals surface area contributed by atoms with E-state index in [1.54, 1.807) is 14.0 Å². The topological polar surface area (TPSA) is 119 Å². The maximum absolute atomic E-state index is 14.9. The molecule has 0 fully saturated rings. The fourth-order valence-electron chi connectivity index (χ4n) is 3.34. The molecule has 0 radical (unpaired) electrons. The molecule has 33 heavy (non-hydrogen) atoms. The number of fused-ring (bicyclic) bond motifs is 1. The van der Waals surface area contributed by atoms with Crippen LogP contribution in [0, 0.1) is 17.7 Å². The molecule has 2 aromatic carbocycles. The molecule has 0 saturated heterocycles. The van der Waals surface area contributed by atoms with Crippen molar-refractivity contribution in [1.29, 1.82) is 0 Å². The van der Waals surface area contributed by atoms with Crippen LogP contribution in [0.4, 0.5) is 9.52 Å². The van der Waals surface area contributed by atoms with Crippen LogP contribution >= 0.6 is 11.5 Å². The van der Waals surface area contributed by atoms with E-state index in [-0.39, 0.29) is 16.2 Å². The van der Waals surface area contributed by atoms with Gasteiger partial charge in [0.15, 0.2) is 5.58 Å². The Morgan fingerprint density at radius 2 is 2.09 bits per heavy atom. The summed E-state index contributed by atoms with van der Waals surface area (Å²) in [6, 6.07) is 8.69. The lowest BCUT2D eigenvalue weighted by molar-refractivity contribution is 0.489. The van der Waals surface area contributed by atoms with Gasteiger partial charge in [0.2, 0.25) is 5.13 Å². The average molecular weight is 488 g/mol. The lowest BCUT2D eigenvalue weighted by atomic mass is 10.0. The van der Waals surface area contributed by atoms with Gasteiger partial charge >= 0.3 is 5.76 Å². The van der Waals surface area contributed by atoms with E-state index >= 15 is 0 Å². The third kappa shape index (κ3) is 4.51. The molecular formula is C21H18FN5O4S2. The Morgan fingerprint density at radius 1 is 1.30 bits per heavy atom. The first kappa shape index (κ1) is 22.7. The highest BCUT2D eigenvalue weighted by Crippen LogP contribution is 2.28. The first-order chi connectivity index (χ1) is 15.8. The number of oxazole rings is 1. The predicted octanol–water partition coefficient (Wildman–Crippen LogP) is 2.57. The van der Waals surface area contributed by atoms with Crippen molar-refractivity contribution in [2.24, 2.45) is 0 Å². The maximum Gasteiger partial charge on any atom is 0.420 e. The molecule has 170 valence electrons. The summed E-state index contributed by atoms with van der Waals surface area (Å²) in [4.78, 5) is 15.8. The maximum atomic E-state index is 14.9. The molecule has 0 aliphatic carbocycles. The van der Waals surface area contributed by atoms with Crippen LogP contribution in [-0.4, -0.2) is 35.9 Å². The molecule has 12 heteroatoms. The molecular weight excluding hydrogens is 469 g/mol. The number of nitrogens with one attached hydrogen (secondary N) is 2. The molecule has 0 amide bonds. The normalized spacial score (nSPS) is 12.3. The van der Waals surface area contributed by atoms with Crippen LogP contribution in [0.25, 0.3) is 11.1 Å². The molecule has 4 rings (SSSR count). The average Bonchev–Trinajstić information content (AvgIpc) is 3.39. The van der Waals surface area contributed by atoms with Gasteiger partial charge < -0.3 is 9.73 Å². The van der Waals surface area contributed by atoms with Crippen molar-refractivity contribution in [2.75, 3.05) is 18.3 Å². The Hall–Kier alpha value is -3.53. The monoisotopic (exact) mass is 487 g/mol. The molecule has 0 bridgehead atoms. The second kappa shape index (κ2) is 9.14.